The number of rotatable bonds is 8. The summed E-state index contributed by atoms with van der Waals surface area (Å²) in [6, 6.07) is 8.01. The van der Waals surface area contributed by atoms with Gasteiger partial charge in [-0.1, -0.05) is 13.3 Å². The van der Waals surface area contributed by atoms with Crippen LogP contribution in [0.5, 0.6) is 0 Å². The minimum absolute atomic E-state index is 0.0382. The zero-order valence-electron chi connectivity index (χ0n) is 16.9. The van der Waals surface area contributed by atoms with Crippen LogP contribution in [0.3, 0.4) is 0 Å². The van der Waals surface area contributed by atoms with Crippen molar-refractivity contribution in [3.8, 4) is 0 Å². The molecule has 2 heterocycles. The monoisotopic (exact) mass is 407 g/mol. The van der Waals surface area contributed by atoms with E-state index in [-0.39, 0.29) is 30.0 Å². The molecular formula is C21H33N3O3S. The van der Waals surface area contributed by atoms with Crippen molar-refractivity contribution in [2.24, 2.45) is 0 Å². The predicted molar refractivity (Wildman–Crippen MR) is 115 cm³/mol. The molecule has 2 aliphatic heterocycles. The second-order valence-electron chi connectivity index (χ2n) is 8.02. The van der Waals surface area contributed by atoms with Gasteiger partial charge in [0, 0.05) is 30.5 Å². The number of carbonyl (C=O) groups excluding carboxylic acids is 1. The van der Waals surface area contributed by atoms with E-state index in [4.69, 9.17) is 0 Å². The van der Waals surface area contributed by atoms with Crippen molar-refractivity contribution in [3.05, 3.63) is 24.3 Å². The Bertz CT molecular complexity index is 743. The fraction of sp³-hybridized carbons (Fsp3) is 0.667. The first-order chi connectivity index (χ1) is 13.5. The van der Waals surface area contributed by atoms with E-state index < -0.39 is 9.84 Å². The lowest BCUT2D eigenvalue weighted by molar-refractivity contribution is -0.117. The molecule has 6 nitrogen and oxygen atoms in total. The van der Waals surface area contributed by atoms with Crippen molar-refractivity contribution in [2.45, 2.75) is 51.5 Å². The number of piperidine rings is 1. The summed E-state index contributed by atoms with van der Waals surface area (Å²) in [6.07, 6.45) is 6.40. The summed E-state index contributed by atoms with van der Waals surface area (Å²) in [5.41, 5.74) is 2.00. The van der Waals surface area contributed by atoms with Gasteiger partial charge in [-0.3, -0.25) is 9.69 Å². The normalized spacial score (nSPS) is 21.8. The Labute approximate surface area is 169 Å². The zero-order chi connectivity index (χ0) is 20.0. The van der Waals surface area contributed by atoms with Crippen molar-refractivity contribution >= 4 is 27.1 Å². The number of sulfone groups is 1. The average molecular weight is 408 g/mol. The van der Waals surface area contributed by atoms with Gasteiger partial charge < -0.3 is 10.2 Å². The highest BCUT2D eigenvalue weighted by Gasteiger charge is 2.32. The topological polar surface area (TPSA) is 69.7 Å². The molecule has 1 aromatic carbocycles. The molecule has 1 aromatic rings. The van der Waals surface area contributed by atoms with Crippen LogP contribution in [0.4, 0.5) is 11.4 Å². The van der Waals surface area contributed by atoms with Crippen LogP contribution in [-0.2, 0) is 14.6 Å². The second kappa shape index (κ2) is 9.74. The van der Waals surface area contributed by atoms with Gasteiger partial charge in [0.2, 0.25) is 5.91 Å². The molecule has 0 aromatic heterocycles. The van der Waals surface area contributed by atoms with Crippen molar-refractivity contribution in [1.82, 2.24) is 4.90 Å². The third-order valence-electron chi connectivity index (χ3n) is 5.74. The maximum atomic E-state index is 12.6. The van der Waals surface area contributed by atoms with Crippen LogP contribution in [0.2, 0.25) is 0 Å². The van der Waals surface area contributed by atoms with Crippen LogP contribution < -0.4 is 10.2 Å². The first-order valence-electron chi connectivity index (χ1n) is 10.6. The number of unbranched alkanes of at least 4 members (excludes halogenated alkanes) is 1. The molecule has 1 atom stereocenters. The third kappa shape index (κ3) is 5.95. The minimum atomic E-state index is -2.95. The molecule has 0 saturated carbocycles. The lowest BCUT2D eigenvalue weighted by atomic mass is 10.1. The summed E-state index contributed by atoms with van der Waals surface area (Å²) in [5.74, 6) is 0.333. The molecule has 0 radical (unpaired) electrons. The molecule has 3 rings (SSSR count). The van der Waals surface area contributed by atoms with Gasteiger partial charge in [-0.25, -0.2) is 8.42 Å². The minimum Gasteiger partial charge on any atom is -0.372 e. The fourth-order valence-electron chi connectivity index (χ4n) is 4.11. The summed E-state index contributed by atoms with van der Waals surface area (Å²) in [5, 5.41) is 2.97. The summed E-state index contributed by atoms with van der Waals surface area (Å²) >= 11 is 0. The number of hydrogen-bond acceptors (Lipinski definition) is 5. The molecular weight excluding hydrogens is 374 g/mol. The predicted octanol–water partition coefficient (Wildman–Crippen LogP) is 2.90. The molecule has 1 unspecified atom stereocenters. The first-order valence-corrected chi connectivity index (χ1v) is 12.4. The smallest absolute Gasteiger partial charge is 0.238 e. The van der Waals surface area contributed by atoms with Gasteiger partial charge in [-0.05, 0) is 62.9 Å². The van der Waals surface area contributed by atoms with Gasteiger partial charge in [0.25, 0.3) is 0 Å². The molecule has 1 amide bonds. The molecule has 28 heavy (non-hydrogen) atoms. The summed E-state index contributed by atoms with van der Waals surface area (Å²) in [7, 11) is -2.95. The number of amides is 1. The molecule has 2 saturated heterocycles. The van der Waals surface area contributed by atoms with Crippen LogP contribution in [0, 0.1) is 0 Å². The van der Waals surface area contributed by atoms with Crippen molar-refractivity contribution in [1.29, 1.82) is 0 Å². The van der Waals surface area contributed by atoms with Gasteiger partial charge in [-0.2, -0.15) is 0 Å². The van der Waals surface area contributed by atoms with Crippen LogP contribution in [0.15, 0.2) is 24.3 Å². The Hall–Kier alpha value is -1.60. The zero-order valence-corrected chi connectivity index (χ0v) is 17.7. The highest BCUT2D eigenvalue weighted by atomic mass is 32.2. The number of benzene rings is 1. The van der Waals surface area contributed by atoms with E-state index in [2.05, 4.69) is 29.3 Å². The van der Waals surface area contributed by atoms with E-state index in [1.807, 2.05) is 17.0 Å². The Morgan fingerprint density at radius 2 is 1.89 bits per heavy atom. The Morgan fingerprint density at radius 1 is 1.18 bits per heavy atom. The maximum absolute atomic E-state index is 12.6. The molecule has 156 valence electrons. The summed E-state index contributed by atoms with van der Waals surface area (Å²) < 4.78 is 23.7. The van der Waals surface area contributed by atoms with Crippen LogP contribution in [0.25, 0.3) is 0 Å². The van der Waals surface area contributed by atoms with Crippen molar-refractivity contribution in [3.63, 3.8) is 0 Å². The molecule has 7 heteroatoms. The largest absolute Gasteiger partial charge is 0.372 e. The van der Waals surface area contributed by atoms with Gasteiger partial charge in [0.1, 0.15) is 0 Å². The van der Waals surface area contributed by atoms with Crippen molar-refractivity contribution < 1.29 is 13.2 Å². The molecule has 1 N–H and O–H groups in total. The summed E-state index contributed by atoms with van der Waals surface area (Å²) in [6.45, 7) is 5.31. The maximum Gasteiger partial charge on any atom is 0.238 e. The number of nitrogens with zero attached hydrogens (tertiary/aromatic N) is 2. The Kier molecular flexibility index (Phi) is 7.35. The van der Waals surface area contributed by atoms with E-state index in [9.17, 15) is 13.2 Å². The molecule has 0 spiro atoms. The van der Waals surface area contributed by atoms with E-state index in [1.165, 1.54) is 24.9 Å². The Balaban J connectivity index is 1.56. The Morgan fingerprint density at radius 3 is 2.50 bits per heavy atom. The fourth-order valence-corrected chi connectivity index (χ4v) is 5.87. The van der Waals surface area contributed by atoms with Crippen LogP contribution in [0.1, 0.15) is 45.4 Å². The number of carbonyl (C=O) groups is 1. The highest BCUT2D eigenvalue weighted by molar-refractivity contribution is 7.91. The number of hydrogen-bond donors (Lipinski definition) is 1. The highest BCUT2D eigenvalue weighted by Crippen LogP contribution is 2.22. The quantitative estimate of drug-likeness (QED) is 0.718. The molecule has 0 aliphatic carbocycles. The van der Waals surface area contributed by atoms with Gasteiger partial charge >= 0.3 is 0 Å². The van der Waals surface area contributed by atoms with Crippen molar-refractivity contribution in [2.75, 3.05) is 47.9 Å². The van der Waals surface area contributed by atoms with E-state index >= 15 is 0 Å². The second-order valence-corrected chi connectivity index (χ2v) is 10.3. The first kappa shape index (κ1) is 21.1. The van der Waals surface area contributed by atoms with Crippen LogP contribution >= 0.6 is 0 Å². The van der Waals surface area contributed by atoms with Gasteiger partial charge in [0.15, 0.2) is 9.84 Å². The number of anilines is 2. The third-order valence-corrected chi connectivity index (χ3v) is 7.49. The van der Waals surface area contributed by atoms with Gasteiger partial charge in [-0.15, -0.1) is 0 Å². The SMILES string of the molecule is CCCCN(CC(=O)Nc1ccc(N2CCCCC2)cc1)C1CCS(=O)(=O)C1. The molecule has 2 fully saturated rings. The average Bonchev–Trinajstić information content (AvgIpc) is 3.06. The van der Waals surface area contributed by atoms with E-state index in [0.717, 1.165) is 38.2 Å². The lowest BCUT2D eigenvalue weighted by Gasteiger charge is -2.29. The molecule has 0 bridgehead atoms. The van der Waals surface area contributed by atoms with E-state index in [0.29, 0.717) is 6.42 Å². The summed E-state index contributed by atoms with van der Waals surface area (Å²) in [4.78, 5) is 17.0. The standard InChI is InChI=1S/C21H33N3O3S/c1-2-3-12-24(20-11-15-28(26,27)17-20)16-21(25)22-18-7-9-19(10-8-18)23-13-5-4-6-14-23/h7-10,20H,2-6,11-17H2,1H3,(H,22,25). The van der Waals surface area contributed by atoms with E-state index in [1.54, 1.807) is 0 Å². The lowest BCUT2D eigenvalue weighted by Crippen LogP contribution is -2.42. The van der Waals surface area contributed by atoms with Gasteiger partial charge in [0.05, 0.1) is 18.1 Å². The number of nitrogens with one attached hydrogen (secondary N) is 1. The van der Waals surface area contributed by atoms with Crippen LogP contribution in [-0.4, -0.2) is 63.0 Å². The molecule has 2 aliphatic rings.